The molecule has 0 fully saturated rings. The summed E-state index contributed by atoms with van der Waals surface area (Å²) < 4.78 is 11.3. The maximum atomic E-state index is 12.6. The Morgan fingerprint density at radius 3 is 2.30 bits per heavy atom. The van der Waals surface area contributed by atoms with Gasteiger partial charge in [-0.2, -0.15) is 10.2 Å². The van der Waals surface area contributed by atoms with Crippen LogP contribution in [-0.2, 0) is 0 Å². The molecule has 0 radical (unpaired) electrons. The number of ether oxygens (including phenoxy) is 2. The number of rotatable bonds is 10. The zero-order chi connectivity index (χ0) is 23.6. The molecule has 0 aliphatic rings. The van der Waals surface area contributed by atoms with Crippen molar-refractivity contribution in [1.29, 1.82) is 0 Å². The SMILES string of the molecule is CCCCCCOc1ccc(C(=O)Oc2ccc(N=Nc3ccc(C)cc3C)cc2C)cc1. The van der Waals surface area contributed by atoms with Crippen molar-refractivity contribution in [2.45, 2.75) is 53.4 Å². The number of aryl methyl sites for hydroxylation is 3. The summed E-state index contributed by atoms with van der Waals surface area (Å²) in [5.74, 6) is 0.858. The van der Waals surface area contributed by atoms with Crippen LogP contribution in [0.15, 0.2) is 70.9 Å². The molecule has 0 atom stereocenters. The Kier molecular flexibility index (Phi) is 8.76. The number of hydrogen-bond donors (Lipinski definition) is 0. The minimum absolute atomic E-state index is 0.405. The average Bonchev–Trinajstić information content (AvgIpc) is 2.80. The zero-order valence-electron chi connectivity index (χ0n) is 19.9. The van der Waals surface area contributed by atoms with E-state index in [9.17, 15) is 4.79 Å². The van der Waals surface area contributed by atoms with Crippen molar-refractivity contribution in [3.8, 4) is 11.5 Å². The summed E-state index contributed by atoms with van der Waals surface area (Å²) in [6.45, 7) is 8.83. The number of azo groups is 1. The normalized spacial score (nSPS) is 11.0. The molecule has 3 aromatic rings. The van der Waals surface area contributed by atoms with Crippen LogP contribution in [0.2, 0.25) is 0 Å². The molecule has 3 rings (SSSR count). The third-order valence-electron chi connectivity index (χ3n) is 5.34. The van der Waals surface area contributed by atoms with Crippen LogP contribution in [0.1, 0.15) is 59.7 Å². The summed E-state index contributed by atoms with van der Waals surface area (Å²) in [5.41, 5.74) is 5.10. The summed E-state index contributed by atoms with van der Waals surface area (Å²) in [4.78, 5) is 12.6. The summed E-state index contributed by atoms with van der Waals surface area (Å²) >= 11 is 0. The van der Waals surface area contributed by atoms with Crippen molar-refractivity contribution in [2.24, 2.45) is 10.2 Å². The van der Waals surface area contributed by atoms with E-state index >= 15 is 0 Å². The van der Waals surface area contributed by atoms with Crippen molar-refractivity contribution in [2.75, 3.05) is 6.61 Å². The summed E-state index contributed by atoms with van der Waals surface area (Å²) in [5, 5.41) is 8.67. The quantitative estimate of drug-likeness (QED) is 0.137. The first-order chi connectivity index (χ1) is 16.0. The van der Waals surface area contributed by atoms with Gasteiger partial charge in [-0.05, 0) is 86.8 Å². The van der Waals surface area contributed by atoms with E-state index in [0.29, 0.717) is 23.6 Å². The van der Waals surface area contributed by atoms with Crippen molar-refractivity contribution in [3.05, 3.63) is 82.9 Å². The highest BCUT2D eigenvalue weighted by Gasteiger charge is 2.11. The number of carbonyl (C=O) groups excluding carboxylic acids is 1. The lowest BCUT2D eigenvalue weighted by molar-refractivity contribution is 0.0733. The van der Waals surface area contributed by atoms with E-state index in [1.165, 1.54) is 24.8 Å². The minimum Gasteiger partial charge on any atom is -0.494 e. The highest BCUT2D eigenvalue weighted by Crippen LogP contribution is 2.27. The largest absolute Gasteiger partial charge is 0.494 e. The number of benzene rings is 3. The third kappa shape index (κ3) is 7.28. The monoisotopic (exact) mass is 444 g/mol. The molecule has 0 spiro atoms. The lowest BCUT2D eigenvalue weighted by Crippen LogP contribution is -2.09. The number of esters is 1. The molecule has 0 aliphatic heterocycles. The Hall–Kier alpha value is -3.47. The van der Waals surface area contributed by atoms with Gasteiger partial charge in [-0.1, -0.05) is 43.9 Å². The van der Waals surface area contributed by atoms with E-state index in [1.807, 2.05) is 32.0 Å². The molecule has 0 bridgehead atoms. The van der Waals surface area contributed by atoms with Crippen LogP contribution in [0.25, 0.3) is 0 Å². The average molecular weight is 445 g/mol. The fourth-order valence-electron chi connectivity index (χ4n) is 3.40. The maximum Gasteiger partial charge on any atom is 0.343 e. The first-order valence-corrected chi connectivity index (χ1v) is 11.5. The molecule has 0 N–H and O–H groups in total. The second-order valence-electron chi connectivity index (χ2n) is 8.26. The molecule has 0 heterocycles. The van der Waals surface area contributed by atoms with E-state index in [1.54, 1.807) is 36.4 Å². The lowest BCUT2D eigenvalue weighted by Gasteiger charge is -2.09. The molecule has 0 saturated carbocycles. The molecule has 5 heteroatoms. The van der Waals surface area contributed by atoms with E-state index in [4.69, 9.17) is 9.47 Å². The van der Waals surface area contributed by atoms with Gasteiger partial charge in [0.25, 0.3) is 0 Å². The van der Waals surface area contributed by atoms with Crippen LogP contribution in [-0.4, -0.2) is 12.6 Å². The van der Waals surface area contributed by atoms with Crippen molar-refractivity contribution in [3.63, 3.8) is 0 Å². The van der Waals surface area contributed by atoms with Crippen molar-refractivity contribution >= 4 is 17.3 Å². The lowest BCUT2D eigenvalue weighted by atomic mass is 10.1. The topological polar surface area (TPSA) is 60.2 Å². The predicted molar refractivity (Wildman–Crippen MR) is 132 cm³/mol. The molecule has 0 unspecified atom stereocenters. The van der Waals surface area contributed by atoms with Crippen LogP contribution >= 0.6 is 0 Å². The van der Waals surface area contributed by atoms with Gasteiger partial charge in [0.1, 0.15) is 11.5 Å². The second kappa shape index (κ2) is 12.0. The van der Waals surface area contributed by atoms with Crippen molar-refractivity contribution < 1.29 is 14.3 Å². The van der Waals surface area contributed by atoms with Gasteiger partial charge in [0.15, 0.2) is 0 Å². The molecule has 0 aliphatic carbocycles. The molecule has 0 amide bonds. The summed E-state index contributed by atoms with van der Waals surface area (Å²) in [7, 11) is 0. The molecule has 3 aromatic carbocycles. The molecule has 172 valence electrons. The van der Waals surface area contributed by atoms with Gasteiger partial charge >= 0.3 is 5.97 Å². The first kappa shape index (κ1) is 24.2. The minimum atomic E-state index is -0.405. The Balaban J connectivity index is 1.58. The van der Waals surface area contributed by atoms with Gasteiger partial charge in [0.05, 0.1) is 23.5 Å². The van der Waals surface area contributed by atoms with Gasteiger partial charge < -0.3 is 9.47 Å². The smallest absolute Gasteiger partial charge is 0.343 e. The highest BCUT2D eigenvalue weighted by molar-refractivity contribution is 5.91. The molecule has 0 saturated heterocycles. The summed E-state index contributed by atoms with van der Waals surface area (Å²) in [6.07, 6.45) is 4.64. The van der Waals surface area contributed by atoms with Gasteiger partial charge in [-0.25, -0.2) is 4.79 Å². The van der Waals surface area contributed by atoms with Crippen LogP contribution in [0.5, 0.6) is 11.5 Å². The maximum absolute atomic E-state index is 12.6. The van der Waals surface area contributed by atoms with Gasteiger partial charge in [-0.3, -0.25) is 0 Å². The molecule has 33 heavy (non-hydrogen) atoms. The van der Waals surface area contributed by atoms with E-state index in [0.717, 1.165) is 29.0 Å². The standard InChI is InChI=1S/C28H32N2O3/c1-5-6-7-8-17-32-25-13-10-23(11-14-25)28(31)33-27-16-12-24(19-22(27)4)29-30-26-15-9-20(2)18-21(26)3/h9-16,18-19H,5-8,17H2,1-4H3. The van der Waals surface area contributed by atoms with Crippen LogP contribution in [0, 0.1) is 20.8 Å². The predicted octanol–water partition coefficient (Wildman–Crippen LogP) is 8.21. The first-order valence-electron chi connectivity index (χ1n) is 11.5. The van der Waals surface area contributed by atoms with Gasteiger partial charge in [0, 0.05) is 0 Å². The molecule has 5 nitrogen and oxygen atoms in total. The van der Waals surface area contributed by atoms with Crippen LogP contribution in [0.4, 0.5) is 11.4 Å². The van der Waals surface area contributed by atoms with Gasteiger partial charge in [0.2, 0.25) is 0 Å². The fraction of sp³-hybridized carbons (Fsp3) is 0.321. The number of carbonyl (C=O) groups is 1. The van der Waals surface area contributed by atoms with Crippen LogP contribution < -0.4 is 9.47 Å². The zero-order valence-corrected chi connectivity index (χ0v) is 19.9. The number of nitrogens with zero attached hydrogens (tertiary/aromatic N) is 2. The summed E-state index contributed by atoms with van der Waals surface area (Å²) in [6, 6.07) is 18.5. The van der Waals surface area contributed by atoms with E-state index < -0.39 is 5.97 Å². The highest BCUT2D eigenvalue weighted by atomic mass is 16.5. The number of hydrogen-bond acceptors (Lipinski definition) is 5. The van der Waals surface area contributed by atoms with Gasteiger partial charge in [-0.15, -0.1) is 0 Å². The van der Waals surface area contributed by atoms with E-state index in [2.05, 4.69) is 30.1 Å². The van der Waals surface area contributed by atoms with Crippen molar-refractivity contribution in [1.82, 2.24) is 0 Å². The Morgan fingerprint density at radius 2 is 1.61 bits per heavy atom. The molecular formula is C28H32N2O3. The Bertz CT molecular complexity index is 1100. The number of unbranched alkanes of at least 4 members (excludes halogenated alkanes) is 3. The second-order valence-corrected chi connectivity index (χ2v) is 8.26. The van der Waals surface area contributed by atoms with E-state index in [-0.39, 0.29) is 0 Å². The third-order valence-corrected chi connectivity index (χ3v) is 5.34. The Morgan fingerprint density at radius 1 is 0.818 bits per heavy atom. The molecule has 0 aromatic heterocycles. The van der Waals surface area contributed by atoms with Crippen LogP contribution in [0.3, 0.4) is 0 Å². The molecular weight excluding hydrogens is 412 g/mol. The Labute approximate surface area is 196 Å². The fourth-order valence-corrected chi connectivity index (χ4v) is 3.40.